The van der Waals surface area contributed by atoms with E-state index in [-0.39, 0.29) is 18.3 Å². The number of benzene rings is 2. The summed E-state index contributed by atoms with van der Waals surface area (Å²) in [6, 6.07) is 12.5. The van der Waals surface area contributed by atoms with Crippen LogP contribution < -0.4 is 10.1 Å². The van der Waals surface area contributed by atoms with Crippen molar-refractivity contribution in [3.63, 3.8) is 0 Å². The smallest absolute Gasteiger partial charge is 0.262 e. The minimum absolute atomic E-state index is 0.0287. The molecule has 1 aromatic heterocycles. The summed E-state index contributed by atoms with van der Waals surface area (Å²) in [5, 5.41) is 12.2. The van der Waals surface area contributed by atoms with E-state index >= 15 is 0 Å². The lowest BCUT2D eigenvalue weighted by Crippen LogP contribution is -2.25. The molecule has 1 amide bonds. The van der Waals surface area contributed by atoms with Crippen molar-refractivity contribution >= 4 is 40.7 Å². The van der Waals surface area contributed by atoms with Crippen LogP contribution in [-0.4, -0.2) is 52.0 Å². The summed E-state index contributed by atoms with van der Waals surface area (Å²) in [5.74, 6) is 0.861. The molecule has 1 aliphatic rings. The molecule has 1 unspecified atom stereocenters. The van der Waals surface area contributed by atoms with Gasteiger partial charge in [0.15, 0.2) is 23.4 Å². The number of anilines is 1. The van der Waals surface area contributed by atoms with Crippen LogP contribution >= 0.6 is 23.4 Å². The number of ether oxygens (including phenoxy) is 2. The fourth-order valence-corrected chi connectivity index (χ4v) is 4.64. The Bertz CT molecular complexity index is 1180. The lowest BCUT2D eigenvalue weighted by atomic mass is 10.1. The van der Waals surface area contributed by atoms with Gasteiger partial charge in [0.2, 0.25) is 0 Å². The normalized spacial score (nSPS) is 13.7. The molecule has 0 spiro atoms. The number of carbonyl (C=O) groups is 2. The van der Waals surface area contributed by atoms with Crippen LogP contribution in [0.25, 0.3) is 11.4 Å². The topological polar surface area (TPSA) is 95.3 Å². The number of amides is 1. The molecular weight excluding hydrogens is 464 g/mol. The third kappa shape index (κ3) is 5.21. The van der Waals surface area contributed by atoms with E-state index in [0.29, 0.717) is 46.2 Å². The average Bonchev–Trinajstić information content (AvgIpc) is 3.20. The minimum atomic E-state index is -0.437. The van der Waals surface area contributed by atoms with E-state index in [1.165, 1.54) is 11.8 Å². The second-order valence-electron chi connectivity index (χ2n) is 7.46. The van der Waals surface area contributed by atoms with Crippen LogP contribution in [0.3, 0.4) is 0 Å². The van der Waals surface area contributed by atoms with Crippen molar-refractivity contribution in [3.05, 3.63) is 53.1 Å². The van der Waals surface area contributed by atoms with E-state index in [9.17, 15) is 9.59 Å². The quantitative estimate of drug-likeness (QED) is 0.273. The van der Waals surface area contributed by atoms with Crippen LogP contribution in [0.2, 0.25) is 5.02 Å². The van der Waals surface area contributed by atoms with Crippen LogP contribution in [0, 0.1) is 0 Å². The number of Topliss-reactive ketones (excluding diaryl/α,β-unsaturated/α-hetero) is 1. The molecule has 8 nitrogen and oxygen atoms in total. The van der Waals surface area contributed by atoms with Gasteiger partial charge in [-0.1, -0.05) is 35.5 Å². The van der Waals surface area contributed by atoms with Gasteiger partial charge in [-0.15, -0.1) is 10.2 Å². The Hall–Kier alpha value is -2.88. The number of hydrogen-bond acceptors (Lipinski definition) is 7. The summed E-state index contributed by atoms with van der Waals surface area (Å²) in [4.78, 5) is 24.8. The summed E-state index contributed by atoms with van der Waals surface area (Å²) >= 11 is 7.73. The van der Waals surface area contributed by atoms with Crippen LogP contribution in [0.1, 0.15) is 23.7 Å². The number of aromatic nitrogens is 3. The molecule has 0 radical (unpaired) electrons. The molecule has 0 fully saturated rings. The van der Waals surface area contributed by atoms with Gasteiger partial charge in [0.25, 0.3) is 5.91 Å². The first-order chi connectivity index (χ1) is 16.0. The molecule has 4 rings (SSSR count). The molecule has 1 N–H and O–H groups in total. The maximum atomic E-state index is 13.1. The molecule has 172 valence electrons. The third-order valence-corrected chi connectivity index (χ3v) is 6.52. The van der Waals surface area contributed by atoms with Crippen molar-refractivity contribution in [3.8, 4) is 17.1 Å². The fourth-order valence-electron chi connectivity index (χ4n) is 3.47. The summed E-state index contributed by atoms with van der Waals surface area (Å²) in [6.45, 7) is 3.00. The first-order valence-corrected chi connectivity index (χ1v) is 11.7. The molecule has 1 atom stereocenters. The average molecular weight is 487 g/mol. The van der Waals surface area contributed by atoms with Gasteiger partial charge in [0.1, 0.15) is 5.75 Å². The highest BCUT2D eigenvalue weighted by atomic mass is 35.5. The molecule has 1 aliphatic heterocycles. The van der Waals surface area contributed by atoms with E-state index < -0.39 is 5.25 Å². The van der Waals surface area contributed by atoms with Gasteiger partial charge in [-0.3, -0.25) is 9.59 Å². The predicted molar refractivity (Wildman–Crippen MR) is 127 cm³/mol. The van der Waals surface area contributed by atoms with E-state index in [4.69, 9.17) is 21.1 Å². The fraction of sp³-hybridized carbons (Fsp3) is 0.304. The number of nitrogens with one attached hydrogen (secondary N) is 1. The van der Waals surface area contributed by atoms with E-state index in [1.54, 1.807) is 25.3 Å². The number of ketones is 1. The third-order valence-electron chi connectivity index (χ3n) is 5.11. The zero-order valence-corrected chi connectivity index (χ0v) is 19.8. The SMILES string of the molecule is COCCCn1c(SC(C)C(=O)c2ccc3c(c2)NC(=O)CO3)nnc1-c1ccccc1Cl. The Labute approximate surface area is 200 Å². The van der Waals surface area contributed by atoms with Crippen molar-refractivity contribution in [1.29, 1.82) is 0 Å². The van der Waals surface area contributed by atoms with E-state index in [1.807, 2.05) is 35.8 Å². The first-order valence-electron chi connectivity index (χ1n) is 10.4. The second-order valence-corrected chi connectivity index (χ2v) is 9.17. The number of hydrogen-bond donors (Lipinski definition) is 1. The highest BCUT2D eigenvalue weighted by Crippen LogP contribution is 2.33. The zero-order chi connectivity index (χ0) is 23.4. The van der Waals surface area contributed by atoms with Crippen LogP contribution in [0.5, 0.6) is 5.75 Å². The number of thioether (sulfide) groups is 1. The lowest BCUT2D eigenvalue weighted by molar-refractivity contribution is -0.118. The van der Waals surface area contributed by atoms with Crippen LogP contribution in [-0.2, 0) is 16.1 Å². The summed E-state index contributed by atoms with van der Waals surface area (Å²) in [6.07, 6.45) is 0.756. The minimum Gasteiger partial charge on any atom is -0.482 e. The molecular formula is C23H23ClN4O4S. The monoisotopic (exact) mass is 486 g/mol. The molecule has 0 saturated heterocycles. The van der Waals surface area contributed by atoms with Gasteiger partial charge in [-0.25, -0.2) is 0 Å². The number of methoxy groups -OCH3 is 1. The van der Waals surface area contributed by atoms with Gasteiger partial charge in [0.05, 0.1) is 16.0 Å². The largest absolute Gasteiger partial charge is 0.482 e. The lowest BCUT2D eigenvalue weighted by Gasteiger charge is -2.19. The van der Waals surface area contributed by atoms with Crippen LogP contribution in [0.4, 0.5) is 5.69 Å². The molecule has 2 heterocycles. The molecule has 33 heavy (non-hydrogen) atoms. The summed E-state index contributed by atoms with van der Waals surface area (Å²) in [7, 11) is 1.66. The predicted octanol–water partition coefficient (Wildman–Crippen LogP) is 4.33. The van der Waals surface area contributed by atoms with Gasteiger partial charge in [-0.05, 0) is 43.7 Å². The maximum Gasteiger partial charge on any atom is 0.262 e. The van der Waals surface area contributed by atoms with Crippen molar-refractivity contribution < 1.29 is 19.1 Å². The van der Waals surface area contributed by atoms with E-state index in [0.717, 1.165) is 12.0 Å². The number of nitrogens with zero attached hydrogens (tertiary/aromatic N) is 3. The summed E-state index contributed by atoms with van der Waals surface area (Å²) in [5.41, 5.74) is 1.76. The Morgan fingerprint density at radius 2 is 2.12 bits per heavy atom. The standard InChI is InChI=1S/C23H23ClN4O4S/c1-14(21(30)15-8-9-19-18(12-15)25-20(29)13-32-19)33-23-27-26-22(28(23)10-5-11-31-2)16-6-3-4-7-17(16)24/h3-4,6-9,12,14H,5,10-11,13H2,1-2H3,(H,25,29). The van der Waals surface area contributed by atoms with E-state index in [2.05, 4.69) is 15.5 Å². The molecule has 2 aromatic carbocycles. The van der Waals surface area contributed by atoms with Crippen molar-refractivity contribution in [2.24, 2.45) is 0 Å². The van der Waals surface area contributed by atoms with Gasteiger partial charge in [0, 0.05) is 31.4 Å². The zero-order valence-electron chi connectivity index (χ0n) is 18.2. The van der Waals surface area contributed by atoms with Crippen LogP contribution in [0.15, 0.2) is 47.6 Å². The second kappa shape index (κ2) is 10.4. The number of halogens is 1. The molecule has 0 bridgehead atoms. The molecule has 10 heteroatoms. The number of carbonyl (C=O) groups excluding carboxylic acids is 2. The number of fused-ring (bicyclic) bond motifs is 1. The Morgan fingerprint density at radius 1 is 1.30 bits per heavy atom. The van der Waals surface area contributed by atoms with Gasteiger partial charge < -0.3 is 19.4 Å². The molecule has 3 aromatic rings. The number of rotatable bonds is 9. The Balaban J connectivity index is 1.57. The molecule has 0 saturated carbocycles. The summed E-state index contributed by atoms with van der Waals surface area (Å²) < 4.78 is 12.5. The van der Waals surface area contributed by atoms with Gasteiger partial charge in [-0.2, -0.15) is 0 Å². The Kier molecular flexibility index (Phi) is 7.32. The highest BCUT2D eigenvalue weighted by Gasteiger charge is 2.24. The molecule has 0 aliphatic carbocycles. The van der Waals surface area contributed by atoms with Gasteiger partial charge >= 0.3 is 0 Å². The maximum absolute atomic E-state index is 13.1. The Morgan fingerprint density at radius 3 is 2.91 bits per heavy atom. The van der Waals surface area contributed by atoms with Crippen molar-refractivity contribution in [2.75, 3.05) is 25.6 Å². The highest BCUT2D eigenvalue weighted by molar-refractivity contribution is 8.00. The first kappa shape index (κ1) is 23.3. The van der Waals surface area contributed by atoms with Crippen molar-refractivity contribution in [2.45, 2.75) is 30.3 Å². The van der Waals surface area contributed by atoms with Crippen molar-refractivity contribution in [1.82, 2.24) is 14.8 Å².